The topological polar surface area (TPSA) is 15.3 Å². The highest BCUT2D eigenvalue weighted by atomic mass is 15.1. The number of nitrogens with zero attached hydrogens (tertiary/aromatic N) is 1. The van der Waals surface area contributed by atoms with Crippen molar-refractivity contribution in [3.8, 4) is 0 Å². The van der Waals surface area contributed by atoms with E-state index in [9.17, 15) is 0 Å². The Kier molecular flexibility index (Phi) is 4.79. The summed E-state index contributed by atoms with van der Waals surface area (Å²) in [6.45, 7) is 3.47. The van der Waals surface area contributed by atoms with Crippen LogP contribution in [0.3, 0.4) is 0 Å². The summed E-state index contributed by atoms with van der Waals surface area (Å²) in [4.78, 5) is 2.26. The van der Waals surface area contributed by atoms with Gasteiger partial charge in [-0.1, -0.05) is 30.3 Å². The maximum Gasteiger partial charge on any atom is 0.00812 e. The molecule has 1 N–H and O–H groups in total. The van der Waals surface area contributed by atoms with Gasteiger partial charge in [0, 0.05) is 12.1 Å². The van der Waals surface area contributed by atoms with Gasteiger partial charge in [-0.05, 0) is 58.3 Å². The number of hydrogen-bond donors (Lipinski definition) is 1. The van der Waals surface area contributed by atoms with Gasteiger partial charge in [-0.2, -0.15) is 0 Å². The first-order valence-corrected chi connectivity index (χ1v) is 7.11. The van der Waals surface area contributed by atoms with Crippen molar-refractivity contribution < 1.29 is 0 Å². The summed E-state index contributed by atoms with van der Waals surface area (Å²) in [7, 11) is 4.28. The molecule has 1 fully saturated rings. The number of nitrogens with one attached hydrogen (secondary N) is 1. The number of hydrogen-bond acceptors (Lipinski definition) is 2. The third-order valence-electron chi connectivity index (χ3n) is 3.94. The van der Waals surface area contributed by atoms with E-state index >= 15 is 0 Å². The first kappa shape index (κ1) is 13.6. The zero-order valence-corrected chi connectivity index (χ0v) is 11.9. The van der Waals surface area contributed by atoms with Gasteiger partial charge in [0.2, 0.25) is 0 Å². The van der Waals surface area contributed by atoms with Gasteiger partial charge in [0.15, 0.2) is 0 Å². The van der Waals surface area contributed by atoms with Crippen LogP contribution in [-0.4, -0.2) is 37.6 Å². The molecule has 1 atom stereocenters. The molecule has 0 heterocycles. The van der Waals surface area contributed by atoms with Crippen molar-refractivity contribution in [1.82, 2.24) is 10.2 Å². The summed E-state index contributed by atoms with van der Waals surface area (Å²) in [6.07, 6.45) is 3.84. The van der Waals surface area contributed by atoms with E-state index in [1.54, 1.807) is 0 Å². The average Bonchev–Trinajstić information content (AvgIpc) is 2.32. The minimum Gasteiger partial charge on any atom is -0.311 e. The van der Waals surface area contributed by atoms with Crippen molar-refractivity contribution >= 4 is 0 Å². The molecule has 1 aliphatic rings. The van der Waals surface area contributed by atoms with Crippen molar-refractivity contribution in [3.05, 3.63) is 35.9 Å². The van der Waals surface area contributed by atoms with Gasteiger partial charge < -0.3 is 10.2 Å². The van der Waals surface area contributed by atoms with Crippen molar-refractivity contribution in [3.63, 3.8) is 0 Å². The maximum atomic E-state index is 3.74. The molecule has 2 heteroatoms. The van der Waals surface area contributed by atoms with E-state index in [0.29, 0.717) is 6.04 Å². The van der Waals surface area contributed by atoms with Crippen molar-refractivity contribution in [2.45, 2.75) is 44.2 Å². The van der Waals surface area contributed by atoms with Gasteiger partial charge in [0.1, 0.15) is 0 Å². The molecular weight excluding hydrogens is 220 g/mol. The summed E-state index contributed by atoms with van der Waals surface area (Å²) in [6, 6.07) is 12.3. The fourth-order valence-electron chi connectivity index (χ4n) is 2.69. The minimum atomic E-state index is 0.633. The first-order chi connectivity index (χ1) is 8.65. The van der Waals surface area contributed by atoms with Gasteiger partial charge in [0.25, 0.3) is 0 Å². The number of benzene rings is 1. The second kappa shape index (κ2) is 6.35. The molecule has 100 valence electrons. The standard InChI is InChI=1S/C16H26N2/c1-13(9-10-18(2)3)17-16-11-15(12-16)14-7-5-4-6-8-14/h4-8,13,15-17H,9-12H2,1-3H3. The van der Waals surface area contributed by atoms with Crippen molar-refractivity contribution in [1.29, 1.82) is 0 Å². The van der Waals surface area contributed by atoms with E-state index in [4.69, 9.17) is 0 Å². The molecule has 0 bridgehead atoms. The second-order valence-electron chi connectivity index (χ2n) is 5.94. The quantitative estimate of drug-likeness (QED) is 0.830. The van der Waals surface area contributed by atoms with Gasteiger partial charge >= 0.3 is 0 Å². The highest BCUT2D eigenvalue weighted by molar-refractivity contribution is 5.22. The smallest absolute Gasteiger partial charge is 0.00812 e. The molecule has 1 saturated carbocycles. The summed E-state index contributed by atoms with van der Waals surface area (Å²) < 4.78 is 0. The molecule has 0 radical (unpaired) electrons. The Hall–Kier alpha value is -0.860. The number of rotatable bonds is 6. The SMILES string of the molecule is CC(CCN(C)C)NC1CC(c2ccccc2)C1. The zero-order valence-electron chi connectivity index (χ0n) is 11.9. The summed E-state index contributed by atoms with van der Waals surface area (Å²) in [5.74, 6) is 0.782. The monoisotopic (exact) mass is 246 g/mol. The molecule has 2 nitrogen and oxygen atoms in total. The molecule has 1 aromatic carbocycles. The zero-order chi connectivity index (χ0) is 13.0. The fraction of sp³-hybridized carbons (Fsp3) is 0.625. The normalized spacial score (nSPS) is 24.9. The van der Waals surface area contributed by atoms with Gasteiger partial charge in [-0.25, -0.2) is 0 Å². The molecule has 0 amide bonds. The van der Waals surface area contributed by atoms with Crippen LogP contribution in [0.5, 0.6) is 0 Å². The molecule has 0 aliphatic heterocycles. The lowest BCUT2D eigenvalue weighted by molar-refractivity contribution is 0.255. The fourth-order valence-corrected chi connectivity index (χ4v) is 2.69. The third-order valence-corrected chi connectivity index (χ3v) is 3.94. The molecule has 1 aromatic rings. The Balaban J connectivity index is 1.67. The van der Waals surface area contributed by atoms with Gasteiger partial charge in [0.05, 0.1) is 0 Å². The van der Waals surface area contributed by atoms with Crippen LogP contribution in [0.15, 0.2) is 30.3 Å². The van der Waals surface area contributed by atoms with Gasteiger partial charge in [-0.3, -0.25) is 0 Å². The molecule has 1 aliphatic carbocycles. The second-order valence-corrected chi connectivity index (χ2v) is 5.94. The Morgan fingerprint density at radius 1 is 1.22 bits per heavy atom. The van der Waals surface area contributed by atoms with Crippen molar-refractivity contribution in [2.75, 3.05) is 20.6 Å². The molecule has 0 spiro atoms. The molecule has 0 saturated heterocycles. The maximum absolute atomic E-state index is 3.74. The molecule has 18 heavy (non-hydrogen) atoms. The van der Waals surface area contributed by atoms with Crippen LogP contribution < -0.4 is 5.32 Å². The minimum absolute atomic E-state index is 0.633. The van der Waals surface area contributed by atoms with Crippen LogP contribution >= 0.6 is 0 Å². The van der Waals surface area contributed by atoms with Crippen LogP contribution in [0.4, 0.5) is 0 Å². The summed E-state index contributed by atoms with van der Waals surface area (Å²) in [5, 5.41) is 3.74. The summed E-state index contributed by atoms with van der Waals surface area (Å²) >= 11 is 0. The molecular formula is C16H26N2. The molecule has 2 rings (SSSR count). The van der Waals surface area contributed by atoms with E-state index in [2.05, 4.69) is 61.6 Å². The predicted molar refractivity (Wildman–Crippen MR) is 78.0 cm³/mol. The molecule has 1 unspecified atom stereocenters. The third kappa shape index (κ3) is 3.82. The van der Waals surface area contributed by atoms with E-state index in [1.165, 1.54) is 31.4 Å². The average molecular weight is 246 g/mol. The van der Waals surface area contributed by atoms with E-state index < -0.39 is 0 Å². The Morgan fingerprint density at radius 3 is 2.50 bits per heavy atom. The Labute approximate surface area is 111 Å². The lowest BCUT2D eigenvalue weighted by Gasteiger charge is -2.38. The van der Waals surface area contributed by atoms with Crippen LogP contribution in [-0.2, 0) is 0 Å². The van der Waals surface area contributed by atoms with Crippen molar-refractivity contribution in [2.24, 2.45) is 0 Å². The highest BCUT2D eigenvalue weighted by Gasteiger charge is 2.30. The van der Waals surface area contributed by atoms with E-state index in [-0.39, 0.29) is 0 Å². The highest BCUT2D eigenvalue weighted by Crippen LogP contribution is 2.36. The Bertz CT molecular complexity index is 341. The largest absolute Gasteiger partial charge is 0.311 e. The first-order valence-electron chi connectivity index (χ1n) is 7.11. The lowest BCUT2D eigenvalue weighted by atomic mass is 9.75. The van der Waals surface area contributed by atoms with Crippen LogP contribution in [0.2, 0.25) is 0 Å². The predicted octanol–water partition coefficient (Wildman–Crippen LogP) is 2.86. The molecule has 0 aromatic heterocycles. The van der Waals surface area contributed by atoms with Gasteiger partial charge in [-0.15, -0.1) is 0 Å². The van der Waals surface area contributed by atoms with E-state index in [1.807, 2.05) is 0 Å². The van der Waals surface area contributed by atoms with E-state index in [0.717, 1.165) is 12.0 Å². The lowest BCUT2D eigenvalue weighted by Crippen LogP contribution is -2.45. The summed E-state index contributed by atoms with van der Waals surface area (Å²) in [5.41, 5.74) is 1.51. The van der Waals surface area contributed by atoms with Crippen LogP contribution in [0, 0.1) is 0 Å². The van der Waals surface area contributed by atoms with Crippen LogP contribution in [0.1, 0.15) is 37.7 Å². The Morgan fingerprint density at radius 2 is 1.89 bits per heavy atom. The van der Waals surface area contributed by atoms with Crippen LogP contribution in [0.25, 0.3) is 0 Å².